The lowest BCUT2D eigenvalue weighted by atomic mass is 9.78. The second-order valence-corrected chi connectivity index (χ2v) is 6.45. The Morgan fingerprint density at radius 3 is 2.39 bits per heavy atom. The first-order chi connectivity index (χ1) is 7.92. The highest BCUT2D eigenvalue weighted by atomic mass is 127. The lowest BCUT2D eigenvalue weighted by Crippen LogP contribution is -2.36. The molecule has 0 radical (unpaired) electrons. The van der Waals surface area contributed by atoms with E-state index < -0.39 is 0 Å². The number of aliphatic imine (C=N–C) groups is 1. The molecule has 0 saturated heterocycles. The summed E-state index contributed by atoms with van der Waals surface area (Å²) < 4.78 is 0. The third-order valence-corrected chi connectivity index (χ3v) is 3.81. The summed E-state index contributed by atoms with van der Waals surface area (Å²) >= 11 is 0. The first-order valence-corrected chi connectivity index (χ1v) is 6.95. The molecule has 0 spiro atoms. The molecule has 1 fully saturated rings. The Labute approximate surface area is 129 Å². The van der Waals surface area contributed by atoms with E-state index in [1.54, 1.807) is 0 Å². The predicted octanol–water partition coefficient (Wildman–Crippen LogP) is 3.38. The second-order valence-electron chi connectivity index (χ2n) is 6.45. The maximum absolute atomic E-state index is 5.87. The van der Waals surface area contributed by atoms with Gasteiger partial charge in [-0.2, -0.15) is 0 Å². The summed E-state index contributed by atoms with van der Waals surface area (Å²) in [6, 6.07) is 0. The van der Waals surface area contributed by atoms with Crippen LogP contribution >= 0.6 is 24.0 Å². The second kappa shape index (κ2) is 8.23. The molecule has 0 heterocycles. The Balaban J connectivity index is 0.00000289. The van der Waals surface area contributed by atoms with Crippen molar-refractivity contribution in [3.05, 3.63) is 0 Å². The van der Waals surface area contributed by atoms with Crippen molar-refractivity contribution < 1.29 is 0 Å². The number of nitrogens with two attached hydrogens (primary N) is 1. The Kier molecular flexibility index (Phi) is 8.23. The van der Waals surface area contributed by atoms with Gasteiger partial charge in [0.1, 0.15) is 0 Å². The smallest absolute Gasteiger partial charge is 0.188 e. The zero-order chi connectivity index (χ0) is 12.9. The van der Waals surface area contributed by atoms with Gasteiger partial charge in [-0.3, -0.25) is 4.99 Å². The first kappa shape index (κ1) is 18.0. The van der Waals surface area contributed by atoms with E-state index in [0.29, 0.717) is 17.3 Å². The molecule has 0 amide bonds. The van der Waals surface area contributed by atoms with Gasteiger partial charge in [0.15, 0.2) is 5.96 Å². The summed E-state index contributed by atoms with van der Waals surface area (Å²) in [5.41, 5.74) is 6.16. The highest BCUT2D eigenvalue weighted by molar-refractivity contribution is 14.0. The van der Waals surface area contributed by atoms with Gasteiger partial charge in [-0.25, -0.2) is 0 Å². The summed E-state index contributed by atoms with van der Waals surface area (Å²) in [5.74, 6) is 2.03. The van der Waals surface area contributed by atoms with Gasteiger partial charge in [-0.15, -0.1) is 24.0 Å². The van der Waals surface area contributed by atoms with E-state index in [-0.39, 0.29) is 24.0 Å². The van der Waals surface area contributed by atoms with Crippen molar-refractivity contribution in [2.45, 2.75) is 53.4 Å². The van der Waals surface area contributed by atoms with E-state index in [2.05, 4.69) is 38.0 Å². The van der Waals surface area contributed by atoms with Gasteiger partial charge in [0.05, 0.1) is 0 Å². The molecule has 1 aliphatic rings. The monoisotopic (exact) mass is 367 g/mol. The zero-order valence-electron chi connectivity index (χ0n) is 12.3. The van der Waals surface area contributed by atoms with Gasteiger partial charge < -0.3 is 11.1 Å². The molecule has 3 nitrogen and oxygen atoms in total. The number of rotatable bonds is 5. The Bertz CT molecular complexity index is 256. The third kappa shape index (κ3) is 6.25. The molecular weight excluding hydrogens is 337 g/mol. The van der Waals surface area contributed by atoms with Crippen LogP contribution in [0, 0.1) is 17.3 Å². The number of hydrogen-bond donors (Lipinski definition) is 2. The largest absolute Gasteiger partial charge is 0.370 e. The molecular formula is C14H30IN3. The van der Waals surface area contributed by atoms with Gasteiger partial charge in [-0.1, -0.05) is 40.5 Å². The van der Waals surface area contributed by atoms with Crippen molar-refractivity contribution in [3.8, 4) is 0 Å². The molecule has 0 bridgehead atoms. The lowest BCUT2D eigenvalue weighted by Gasteiger charge is -2.30. The van der Waals surface area contributed by atoms with Gasteiger partial charge >= 0.3 is 0 Å². The lowest BCUT2D eigenvalue weighted by molar-refractivity contribution is 0.227. The fourth-order valence-corrected chi connectivity index (χ4v) is 2.49. The minimum atomic E-state index is 0. The number of hydrogen-bond acceptors (Lipinski definition) is 1. The van der Waals surface area contributed by atoms with Crippen LogP contribution < -0.4 is 11.1 Å². The minimum absolute atomic E-state index is 0. The summed E-state index contributed by atoms with van der Waals surface area (Å²) in [4.78, 5) is 4.50. The van der Waals surface area contributed by atoms with Crippen LogP contribution in [0.15, 0.2) is 4.99 Å². The van der Waals surface area contributed by atoms with E-state index in [9.17, 15) is 0 Å². The highest BCUT2D eigenvalue weighted by Gasteiger charge is 2.31. The third-order valence-electron chi connectivity index (χ3n) is 3.81. The Hall–Kier alpha value is 0. The summed E-state index contributed by atoms with van der Waals surface area (Å²) in [5, 5.41) is 3.17. The molecule has 1 rings (SSSR count). The van der Waals surface area contributed by atoms with Gasteiger partial charge in [0, 0.05) is 13.1 Å². The zero-order valence-corrected chi connectivity index (χ0v) is 14.7. The number of guanidine groups is 1. The van der Waals surface area contributed by atoms with Crippen LogP contribution in [-0.4, -0.2) is 19.0 Å². The van der Waals surface area contributed by atoms with Gasteiger partial charge in [0.25, 0.3) is 0 Å². The van der Waals surface area contributed by atoms with Crippen LogP contribution in [0.2, 0.25) is 0 Å². The fourth-order valence-electron chi connectivity index (χ4n) is 2.49. The number of nitrogens with zero attached hydrogens (tertiary/aromatic N) is 1. The van der Waals surface area contributed by atoms with Crippen LogP contribution in [0.1, 0.15) is 53.4 Å². The van der Waals surface area contributed by atoms with Crippen LogP contribution in [0.3, 0.4) is 0 Å². The van der Waals surface area contributed by atoms with Crippen LogP contribution in [0.4, 0.5) is 0 Å². The SMILES string of the molecule is CC(C)CNC(N)=NCC(C)(C)C1CCCC1.I. The number of nitrogens with one attached hydrogen (secondary N) is 1. The number of halogens is 1. The Morgan fingerprint density at radius 2 is 1.89 bits per heavy atom. The summed E-state index contributed by atoms with van der Waals surface area (Å²) in [6.45, 7) is 10.7. The van der Waals surface area contributed by atoms with Crippen LogP contribution in [0.5, 0.6) is 0 Å². The molecule has 0 unspecified atom stereocenters. The molecule has 0 aromatic heterocycles. The van der Waals surface area contributed by atoms with Crippen LogP contribution in [0.25, 0.3) is 0 Å². The van der Waals surface area contributed by atoms with E-state index in [4.69, 9.17) is 5.73 Å². The molecule has 0 atom stereocenters. The van der Waals surface area contributed by atoms with Crippen molar-refractivity contribution in [2.24, 2.45) is 28.0 Å². The molecule has 0 aliphatic heterocycles. The Morgan fingerprint density at radius 1 is 1.33 bits per heavy atom. The molecule has 0 aromatic rings. The standard InChI is InChI=1S/C14H29N3.HI/c1-11(2)9-16-13(15)17-10-14(3,4)12-7-5-6-8-12;/h11-12H,5-10H2,1-4H3,(H3,15,16,17);1H. The van der Waals surface area contributed by atoms with Crippen LogP contribution in [-0.2, 0) is 0 Å². The molecule has 108 valence electrons. The van der Waals surface area contributed by atoms with Crippen molar-refractivity contribution in [2.75, 3.05) is 13.1 Å². The minimum Gasteiger partial charge on any atom is -0.370 e. The molecule has 0 aromatic carbocycles. The van der Waals surface area contributed by atoms with Crippen molar-refractivity contribution in [1.29, 1.82) is 0 Å². The molecule has 1 aliphatic carbocycles. The highest BCUT2D eigenvalue weighted by Crippen LogP contribution is 2.39. The van der Waals surface area contributed by atoms with Crippen molar-refractivity contribution >= 4 is 29.9 Å². The molecule has 4 heteroatoms. The van der Waals surface area contributed by atoms with Gasteiger partial charge in [0.2, 0.25) is 0 Å². The van der Waals surface area contributed by atoms with E-state index in [1.165, 1.54) is 25.7 Å². The first-order valence-electron chi connectivity index (χ1n) is 6.95. The maximum Gasteiger partial charge on any atom is 0.188 e. The quantitative estimate of drug-likeness (QED) is 0.445. The molecule has 1 saturated carbocycles. The maximum atomic E-state index is 5.87. The normalized spacial score (nSPS) is 17.9. The van der Waals surface area contributed by atoms with Gasteiger partial charge in [-0.05, 0) is 30.1 Å². The van der Waals surface area contributed by atoms with Crippen molar-refractivity contribution in [3.63, 3.8) is 0 Å². The summed E-state index contributed by atoms with van der Waals surface area (Å²) in [7, 11) is 0. The molecule has 18 heavy (non-hydrogen) atoms. The summed E-state index contributed by atoms with van der Waals surface area (Å²) in [6.07, 6.45) is 5.50. The van der Waals surface area contributed by atoms with Crippen molar-refractivity contribution in [1.82, 2.24) is 5.32 Å². The van der Waals surface area contributed by atoms with E-state index in [1.807, 2.05) is 0 Å². The predicted molar refractivity (Wildman–Crippen MR) is 90.5 cm³/mol. The average molecular weight is 367 g/mol. The average Bonchev–Trinajstić information content (AvgIpc) is 2.77. The topological polar surface area (TPSA) is 50.4 Å². The van der Waals surface area contributed by atoms with E-state index in [0.717, 1.165) is 19.0 Å². The fraction of sp³-hybridized carbons (Fsp3) is 0.929. The molecule has 3 N–H and O–H groups in total. The van der Waals surface area contributed by atoms with E-state index >= 15 is 0 Å².